The van der Waals surface area contributed by atoms with Crippen LogP contribution >= 0.6 is 0 Å². The lowest BCUT2D eigenvalue weighted by Gasteiger charge is -2.33. The number of carbonyl (C=O) groups is 1. The molecule has 0 bridgehead atoms. The molecule has 6 nitrogen and oxygen atoms in total. The molecule has 1 saturated heterocycles. The molecule has 1 atom stereocenters. The minimum atomic E-state index is -0.511. The van der Waals surface area contributed by atoms with Crippen molar-refractivity contribution in [3.8, 4) is 11.5 Å². The summed E-state index contributed by atoms with van der Waals surface area (Å²) in [6, 6.07) is 15.5. The Hall–Kier alpha value is -2.57. The number of β-amino-alcohol motifs (C(OH)–C–C–N with tert-alkyl or cyclic N) is 1. The van der Waals surface area contributed by atoms with Gasteiger partial charge in [-0.2, -0.15) is 0 Å². The van der Waals surface area contributed by atoms with E-state index in [1.165, 1.54) is 0 Å². The quantitative estimate of drug-likeness (QED) is 0.753. The Labute approximate surface area is 171 Å². The molecule has 0 saturated carbocycles. The first-order chi connectivity index (χ1) is 14.2. The van der Waals surface area contributed by atoms with Gasteiger partial charge in [0.1, 0.15) is 30.3 Å². The van der Waals surface area contributed by atoms with Gasteiger partial charge in [-0.05, 0) is 55.2 Å². The molecule has 2 aromatic carbocycles. The molecule has 29 heavy (non-hydrogen) atoms. The fraction of sp³-hybridized carbons (Fsp3) is 0.435. The van der Waals surface area contributed by atoms with Crippen LogP contribution < -0.4 is 14.8 Å². The van der Waals surface area contributed by atoms with Gasteiger partial charge in [0, 0.05) is 31.7 Å². The average molecular weight is 396 g/mol. The van der Waals surface area contributed by atoms with Gasteiger partial charge in [-0.25, -0.2) is 0 Å². The second-order valence-corrected chi connectivity index (χ2v) is 7.76. The highest BCUT2D eigenvalue weighted by Gasteiger charge is 2.23. The van der Waals surface area contributed by atoms with Crippen LogP contribution in [0.2, 0.25) is 0 Å². The maximum atomic E-state index is 11.5. The standard InChI is InChI=1S/C23H28N2O4/c26-18(16-28-19-4-2-1-3-5-19)15-25-12-10-20(11-13-25)29-21-7-8-22-17(14-21)6-9-23(27)24-22/h1-5,7-8,14,18,20,26H,6,9-13,15-16H2,(H,24,27). The van der Waals surface area contributed by atoms with Crippen LogP contribution in [0.1, 0.15) is 24.8 Å². The number of nitrogens with one attached hydrogen (secondary N) is 1. The number of benzene rings is 2. The molecule has 2 aromatic rings. The molecule has 0 aromatic heterocycles. The number of carbonyl (C=O) groups excluding carboxylic acids is 1. The van der Waals surface area contributed by atoms with Gasteiger partial charge in [-0.3, -0.25) is 4.79 Å². The summed E-state index contributed by atoms with van der Waals surface area (Å²) in [6.07, 6.45) is 2.83. The first-order valence-electron chi connectivity index (χ1n) is 10.3. The van der Waals surface area contributed by atoms with Crippen molar-refractivity contribution in [3.63, 3.8) is 0 Å². The van der Waals surface area contributed by atoms with E-state index < -0.39 is 6.10 Å². The van der Waals surface area contributed by atoms with E-state index in [1.54, 1.807) is 0 Å². The van der Waals surface area contributed by atoms with Crippen molar-refractivity contribution in [1.29, 1.82) is 0 Å². The topological polar surface area (TPSA) is 71.0 Å². The molecule has 2 aliphatic heterocycles. The number of piperidine rings is 1. The Morgan fingerprint density at radius 3 is 2.66 bits per heavy atom. The van der Waals surface area contributed by atoms with Crippen molar-refractivity contribution < 1.29 is 19.4 Å². The molecule has 0 spiro atoms. The minimum Gasteiger partial charge on any atom is -0.491 e. The molecular formula is C23H28N2O4. The average Bonchev–Trinajstić information content (AvgIpc) is 2.74. The SMILES string of the molecule is O=C1CCc2cc(OC3CCN(CC(O)COc4ccccc4)CC3)ccc2N1. The maximum absolute atomic E-state index is 11.5. The van der Waals surface area contributed by atoms with E-state index in [2.05, 4.69) is 10.2 Å². The first-order valence-corrected chi connectivity index (χ1v) is 10.3. The van der Waals surface area contributed by atoms with Gasteiger partial charge in [0.2, 0.25) is 5.91 Å². The smallest absolute Gasteiger partial charge is 0.224 e. The predicted molar refractivity (Wildman–Crippen MR) is 111 cm³/mol. The molecule has 1 unspecified atom stereocenters. The third-order valence-corrected chi connectivity index (χ3v) is 5.46. The maximum Gasteiger partial charge on any atom is 0.224 e. The molecule has 2 aliphatic rings. The molecule has 1 fully saturated rings. The fourth-order valence-electron chi connectivity index (χ4n) is 3.90. The molecule has 2 N–H and O–H groups in total. The number of hydrogen-bond acceptors (Lipinski definition) is 5. The number of aryl methyl sites for hydroxylation is 1. The fourth-order valence-corrected chi connectivity index (χ4v) is 3.90. The number of ether oxygens (including phenoxy) is 2. The summed E-state index contributed by atoms with van der Waals surface area (Å²) in [7, 11) is 0. The van der Waals surface area contributed by atoms with Crippen molar-refractivity contribution in [2.45, 2.75) is 37.9 Å². The van der Waals surface area contributed by atoms with E-state index >= 15 is 0 Å². The van der Waals surface area contributed by atoms with Crippen LogP contribution in [0.4, 0.5) is 5.69 Å². The molecule has 0 radical (unpaired) electrons. The van der Waals surface area contributed by atoms with Crippen molar-refractivity contribution in [2.24, 2.45) is 0 Å². The number of anilines is 1. The molecule has 1 amide bonds. The predicted octanol–water partition coefficient (Wildman–Crippen LogP) is 2.85. The highest BCUT2D eigenvalue weighted by molar-refractivity contribution is 5.93. The van der Waals surface area contributed by atoms with Gasteiger partial charge in [-0.1, -0.05) is 18.2 Å². The Bertz CT molecular complexity index is 819. The lowest BCUT2D eigenvalue weighted by atomic mass is 10.0. The largest absolute Gasteiger partial charge is 0.491 e. The van der Waals surface area contributed by atoms with Gasteiger partial charge in [-0.15, -0.1) is 0 Å². The highest BCUT2D eigenvalue weighted by atomic mass is 16.5. The second-order valence-electron chi connectivity index (χ2n) is 7.76. The second kappa shape index (κ2) is 9.29. The Morgan fingerprint density at radius 2 is 1.86 bits per heavy atom. The molecular weight excluding hydrogens is 368 g/mol. The lowest BCUT2D eigenvalue weighted by molar-refractivity contribution is -0.116. The van der Waals surface area contributed by atoms with E-state index in [9.17, 15) is 9.90 Å². The zero-order valence-electron chi connectivity index (χ0n) is 16.5. The zero-order valence-corrected chi connectivity index (χ0v) is 16.5. The first kappa shape index (κ1) is 19.7. The Kier molecular flexibility index (Phi) is 6.32. The summed E-state index contributed by atoms with van der Waals surface area (Å²) in [6.45, 7) is 2.70. The highest BCUT2D eigenvalue weighted by Crippen LogP contribution is 2.28. The third-order valence-electron chi connectivity index (χ3n) is 5.46. The van der Waals surface area contributed by atoms with Crippen molar-refractivity contribution in [3.05, 3.63) is 54.1 Å². The summed E-state index contributed by atoms with van der Waals surface area (Å²) in [5.74, 6) is 1.73. The van der Waals surface area contributed by atoms with E-state index in [0.717, 1.165) is 55.1 Å². The normalized spacial score (nSPS) is 18.6. The van der Waals surface area contributed by atoms with Gasteiger partial charge in [0.15, 0.2) is 0 Å². The van der Waals surface area contributed by atoms with Crippen molar-refractivity contribution in [1.82, 2.24) is 4.90 Å². The van der Waals surface area contributed by atoms with Crippen LogP contribution in [0.25, 0.3) is 0 Å². The Balaban J connectivity index is 1.20. The zero-order chi connectivity index (χ0) is 20.1. The lowest BCUT2D eigenvalue weighted by Crippen LogP contribution is -2.43. The third kappa shape index (κ3) is 5.49. The number of para-hydroxylation sites is 1. The monoisotopic (exact) mass is 396 g/mol. The van der Waals surface area contributed by atoms with Crippen molar-refractivity contribution in [2.75, 3.05) is 31.6 Å². The van der Waals surface area contributed by atoms with Gasteiger partial charge >= 0.3 is 0 Å². The van der Waals surface area contributed by atoms with Crippen LogP contribution in [-0.2, 0) is 11.2 Å². The molecule has 2 heterocycles. The van der Waals surface area contributed by atoms with Crippen LogP contribution in [0, 0.1) is 0 Å². The number of fused-ring (bicyclic) bond motifs is 1. The summed E-state index contributed by atoms with van der Waals surface area (Å²) < 4.78 is 11.8. The number of rotatable bonds is 7. The summed E-state index contributed by atoms with van der Waals surface area (Å²) >= 11 is 0. The van der Waals surface area contributed by atoms with Crippen LogP contribution in [0.15, 0.2) is 48.5 Å². The van der Waals surface area contributed by atoms with Crippen molar-refractivity contribution >= 4 is 11.6 Å². The van der Waals surface area contributed by atoms with Crippen LogP contribution in [0.5, 0.6) is 11.5 Å². The summed E-state index contributed by atoms with van der Waals surface area (Å²) in [5, 5.41) is 13.2. The number of hydrogen-bond donors (Lipinski definition) is 2. The minimum absolute atomic E-state index is 0.0786. The molecule has 6 heteroatoms. The van der Waals surface area contributed by atoms with Gasteiger partial charge in [0.25, 0.3) is 0 Å². The number of likely N-dealkylation sites (tertiary alicyclic amines) is 1. The molecule has 0 aliphatic carbocycles. The van der Waals surface area contributed by atoms with E-state index in [1.807, 2.05) is 48.5 Å². The summed E-state index contributed by atoms with van der Waals surface area (Å²) in [4.78, 5) is 13.7. The number of aliphatic hydroxyl groups is 1. The Morgan fingerprint density at radius 1 is 1.07 bits per heavy atom. The summed E-state index contributed by atoms with van der Waals surface area (Å²) in [5.41, 5.74) is 2.04. The number of amides is 1. The molecule has 4 rings (SSSR count). The van der Waals surface area contributed by atoms with Gasteiger partial charge in [0.05, 0.1) is 0 Å². The van der Waals surface area contributed by atoms with E-state index in [0.29, 0.717) is 19.6 Å². The van der Waals surface area contributed by atoms with E-state index in [-0.39, 0.29) is 12.0 Å². The number of aliphatic hydroxyl groups excluding tert-OH is 1. The van der Waals surface area contributed by atoms with Crippen LogP contribution in [-0.4, -0.2) is 54.4 Å². The van der Waals surface area contributed by atoms with Gasteiger partial charge < -0.3 is 24.8 Å². The van der Waals surface area contributed by atoms with Crippen LogP contribution in [0.3, 0.4) is 0 Å². The number of nitrogens with zero attached hydrogens (tertiary/aromatic N) is 1. The van der Waals surface area contributed by atoms with E-state index in [4.69, 9.17) is 9.47 Å². The molecule has 154 valence electrons.